The molecule has 3 aliphatic rings. The summed E-state index contributed by atoms with van der Waals surface area (Å²) in [7, 11) is 1.52. The van der Waals surface area contributed by atoms with Crippen LogP contribution in [0, 0.1) is 11.8 Å². The largest absolute Gasteiger partial charge is 0.507 e. The maximum Gasteiger partial charge on any atom is 0.342 e. The highest BCUT2D eigenvalue weighted by Gasteiger charge is 2.44. The van der Waals surface area contributed by atoms with Gasteiger partial charge < -0.3 is 43.7 Å². The van der Waals surface area contributed by atoms with Crippen LogP contribution >= 0.6 is 0 Å². The fraction of sp³-hybridized carbons (Fsp3) is 0.345. The number of rotatable bonds is 5. The van der Waals surface area contributed by atoms with Crippen molar-refractivity contribution in [3.8, 4) is 33.8 Å². The molecular formula is C55H60O13. The minimum Gasteiger partial charge on any atom is -0.507 e. The first-order valence-electron chi connectivity index (χ1n) is 22.7. The zero-order valence-electron chi connectivity index (χ0n) is 39.4. The number of hydrogen-bond acceptors (Lipinski definition) is 13. The Kier molecular flexibility index (Phi) is 17.2. The quantitative estimate of drug-likeness (QED) is 0.127. The molecule has 358 valence electrons. The van der Waals surface area contributed by atoms with E-state index in [0.29, 0.717) is 34.4 Å². The van der Waals surface area contributed by atoms with Gasteiger partial charge in [-0.25, -0.2) is 9.59 Å². The number of aliphatic hydroxyl groups excluding tert-OH is 2. The third-order valence-corrected chi connectivity index (χ3v) is 12.0. The number of fused-ring (bicyclic) bond motifs is 3. The van der Waals surface area contributed by atoms with E-state index in [1.54, 1.807) is 65.0 Å². The SMILES string of the molecule is COCOc1ccc(-c2ccccc2)c2c1C(=O)O[C@@H](C)[C@H](C)/C=C\C(=O)[C@H]1OC(C)(C)O[C@H]1CC=C2.C[C@@H]1/C=C\C(=O)[C@@H](O)[C@@H](O)C/C=C/c2c(-c3ccccc3)ccc(O)c2C(=O)O[C@H]1C. The number of aliphatic hydroxyl groups is 2. The van der Waals surface area contributed by atoms with E-state index >= 15 is 0 Å². The second-order valence-corrected chi connectivity index (χ2v) is 17.4. The van der Waals surface area contributed by atoms with Crippen LogP contribution in [0.5, 0.6) is 11.5 Å². The summed E-state index contributed by atoms with van der Waals surface area (Å²) in [5.74, 6) is -3.29. The Morgan fingerprint density at radius 3 is 1.72 bits per heavy atom. The highest BCUT2D eigenvalue weighted by molar-refractivity contribution is 6.01. The molecule has 7 rings (SSSR count). The first kappa shape index (κ1) is 50.9. The summed E-state index contributed by atoms with van der Waals surface area (Å²) in [6.07, 6.45) is 8.10. The highest BCUT2D eigenvalue weighted by Crippen LogP contribution is 2.38. The molecule has 13 nitrogen and oxygen atoms in total. The molecule has 0 saturated carbocycles. The number of cyclic esters (lactones) is 2. The first-order valence-corrected chi connectivity index (χ1v) is 22.7. The molecule has 4 aromatic rings. The predicted octanol–water partition coefficient (Wildman–Crippen LogP) is 9.08. The maximum atomic E-state index is 13.6. The lowest BCUT2D eigenvalue weighted by molar-refractivity contribution is -0.152. The van der Waals surface area contributed by atoms with E-state index in [2.05, 4.69) is 0 Å². The molecule has 0 amide bonds. The van der Waals surface area contributed by atoms with E-state index in [4.69, 9.17) is 28.4 Å². The van der Waals surface area contributed by atoms with Gasteiger partial charge >= 0.3 is 11.9 Å². The zero-order valence-corrected chi connectivity index (χ0v) is 39.4. The fourth-order valence-electron chi connectivity index (χ4n) is 7.84. The van der Waals surface area contributed by atoms with Crippen molar-refractivity contribution < 1.29 is 62.9 Å². The number of esters is 2. The Morgan fingerprint density at radius 1 is 0.632 bits per heavy atom. The summed E-state index contributed by atoms with van der Waals surface area (Å²) in [4.78, 5) is 51.8. The van der Waals surface area contributed by atoms with Crippen molar-refractivity contribution in [2.24, 2.45) is 11.8 Å². The lowest BCUT2D eigenvalue weighted by Gasteiger charge is -2.22. The molecular weight excluding hydrogens is 869 g/mol. The summed E-state index contributed by atoms with van der Waals surface area (Å²) in [6, 6.07) is 26.0. The summed E-state index contributed by atoms with van der Waals surface area (Å²) in [6.45, 7) is 10.7. The molecule has 0 bridgehead atoms. The molecule has 0 aromatic heterocycles. The molecule has 0 unspecified atom stereocenters. The number of hydrogen-bond donors (Lipinski definition) is 3. The second kappa shape index (κ2) is 23.0. The van der Waals surface area contributed by atoms with Gasteiger partial charge in [0.25, 0.3) is 0 Å². The van der Waals surface area contributed by atoms with Crippen LogP contribution in [0.3, 0.4) is 0 Å². The number of phenols is 1. The number of ether oxygens (including phenoxy) is 6. The van der Waals surface area contributed by atoms with Crippen molar-refractivity contribution in [2.75, 3.05) is 13.9 Å². The van der Waals surface area contributed by atoms with E-state index in [-0.39, 0.29) is 42.1 Å². The van der Waals surface area contributed by atoms with Gasteiger partial charge in [0, 0.05) is 30.1 Å². The van der Waals surface area contributed by atoms with Crippen LogP contribution in [-0.2, 0) is 33.3 Å². The van der Waals surface area contributed by atoms with E-state index in [9.17, 15) is 34.5 Å². The van der Waals surface area contributed by atoms with Gasteiger partial charge in [-0.15, -0.1) is 0 Å². The Labute approximate surface area is 397 Å². The number of phenolic OH excluding ortho intramolecular Hbond substituents is 1. The van der Waals surface area contributed by atoms with Crippen LogP contribution in [0.15, 0.2) is 121 Å². The number of aromatic hydroxyl groups is 1. The molecule has 4 aromatic carbocycles. The van der Waals surface area contributed by atoms with Crippen molar-refractivity contribution in [3.63, 3.8) is 0 Å². The van der Waals surface area contributed by atoms with E-state index in [0.717, 1.165) is 16.7 Å². The van der Waals surface area contributed by atoms with Gasteiger partial charge in [0.1, 0.15) is 47.0 Å². The summed E-state index contributed by atoms with van der Waals surface area (Å²) in [5, 5.41) is 30.8. The van der Waals surface area contributed by atoms with Crippen LogP contribution < -0.4 is 4.74 Å². The van der Waals surface area contributed by atoms with Crippen LogP contribution in [0.2, 0.25) is 0 Å². The van der Waals surface area contributed by atoms with Gasteiger partial charge in [-0.1, -0.05) is 123 Å². The Morgan fingerprint density at radius 2 is 1.15 bits per heavy atom. The standard InChI is InChI=1S/C30H34O7.C25H26O6/c1-19-14-16-24(31)28-26(36-30(3,4)37-28)13-9-12-23-22(21-10-7-6-8-11-21)15-17-25(34-18-33-5)27(23)29(32)35-20(19)2;1-15-11-13-22(28)24(29)21(27)10-6-9-19-18(17-7-4-3-5-8-17)12-14-20(26)23(19)25(30)31-16(15)2/h6-12,14-17,19-20,26,28H,13,18H2,1-5H3;3-9,11-16,21,24,26-27,29H,10H2,1-2H3/b12-9?,16-14-;9-6+,13-11-/t19-,20+,26+,28-;15-,16+,21+,24+/m11/s1. The highest BCUT2D eigenvalue weighted by atomic mass is 16.8. The summed E-state index contributed by atoms with van der Waals surface area (Å²) >= 11 is 0. The lowest BCUT2D eigenvalue weighted by atomic mass is 9.93. The van der Waals surface area contributed by atoms with Gasteiger partial charge in [-0.3, -0.25) is 9.59 Å². The molecule has 0 spiro atoms. The average molecular weight is 929 g/mol. The first-order chi connectivity index (χ1) is 32.5. The van der Waals surface area contributed by atoms with Crippen molar-refractivity contribution in [1.29, 1.82) is 0 Å². The fourth-order valence-corrected chi connectivity index (χ4v) is 7.84. The zero-order chi connectivity index (χ0) is 49.1. The van der Waals surface area contributed by atoms with Gasteiger partial charge in [0.2, 0.25) is 0 Å². The summed E-state index contributed by atoms with van der Waals surface area (Å²) in [5.41, 5.74) is 4.72. The van der Waals surface area contributed by atoms with Gasteiger partial charge in [0.05, 0.1) is 12.2 Å². The van der Waals surface area contributed by atoms with Crippen LogP contribution in [0.1, 0.15) is 86.2 Å². The molecule has 3 heterocycles. The molecule has 68 heavy (non-hydrogen) atoms. The van der Waals surface area contributed by atoms with Crippen molar-refractivity contribution in [1.82, 2.24) is 0 Å². The van der Waals surface area contributed by atoms with E-state index in [1.165, 1.54) is 31.4 Å². The van der Waals surface area contributed by atoms with E-state index in [1.807, 2.05) is 85.8 Å². The number of methoxy groups -OCH3 is 1. The molecule has 1 fully saturated rings. The van der Waals surface area contributed by atoms with Gasteiger partial charge in [-0.2, -0.15) is 0 Å². The number of carbonyl (C=O) groups excluding carboxylic acids is 4. The van der Waals surface area contributed by atoms with Gasteiger partial charge in [0.15, 0.2) is 24.1 Å². The molecule has 3 aliphatic heterocycles. The lowest BCUT2D eigenvalue weighted by Crippen LogP contribution is -2.32. The molecule has 0 radical (unpaired) electrons. The van der Waals surface area contributed by atoms with E-state index < -0.39 is 60.1 Å². The minimum atomic E-state index is -1.56. The smallest absolute Gasteiger partial charge is 0.342 e. The van der Waals surface area contributed by atoms with Crippen molar-refractivity contribution in [2.45, 2.75) is 96.8 Å². The summed E-state index contributed by atoms with van der Waals surface area (Å²) < 4.78 is 34.4. The Bertz CT molecular complexity index is 2540. The normalized spacial score (nSPS) is 26.7. The molecule has 8 atom stereocenters. The number of carbonyl (C=O) groups is 4. The third kappa shape index (κ3) is 12.5. The van der Waals surface area contributed by atoms with Crippen LogP contribution in [0.4, 0.5) is 0 Å². The second-order valence-electron chi connectivity index (χ2n) is 17.4. The maximum absolute atomic E-state index is 13.6. The minimum absolute atomic E-state index is 0.0174. The molecule has 3 N–H and O–H groups in total. The third-order valence-electron chi connectivity index (χ3n) is 12.0. The number of ketones is 2. The monoisotopic (exact) mass is 928 g/mol. The molecule has 13 heteroatoms. The molecule has 0 aliphatic carbocycles. The van der Waals surface area contributed by atoms with Gasteiger partial charge in [-0.05, 0) is 87.1 Å². The number of benzene rings is 4. The Balaban J connectivity index is 0.000000228. The topological polar surface area (TPSA) is 184 Å². The average Bonchev–Trinajstić information content (AvgIpc) is 3.64. The predicted molar refractivity (Wildman–Crippen MR) is 257 cm³/mol. The van der Waals surface area contributed by atoms with Crippen LogP contribution in [0.25, 0.3) is 34.4 Å². The molecule has 1 saturated heterocycles. The van der Waals surface area contributed by atoms with Crippen molar-refractivity contribution >= 4 is 35.7 Å². The van der Waals surface area contributed by atoms with Crippen LogP contribution in [-0.4, -0.2) is 95.1 Å². The Hall–Kier alpha value is -6.48. The van der Waals surface area contributed by atoms with Crippen molar-refractivity contribution in [3.05, 3.63) is 144 Å².